The summed E-state index contributed by atoms with van der Waals surface area (Å²) in [7, 11) is -4.10. The highest BCUT2D eigenvalue weighted by Crippen LogP contribution is 2.36. The molecule has 196 valence electrons. The van der Waals surface area contributed by atoms with E-state index in [1.807, 2.05) is 0 Å². The third-order valence-electron chi connectivity index (χ3n) is 5.55. The predicted molar refractivity (Wildman–Crippen MR) is 119 cm³/mol. The number of rotatable bonds is 5. The van der Waals surface area contributed by atoms with Gasteiger partial charge in [-0.25, -0.2) is 13.4 Å². The minimum Gasteiger partial charge on any atom is -0.406 e. The second kappa shape index (κ2) is 9.32. The van der Waals surface area contributed by atoms with Crippen LogP contribution >= 0.6 is 0 Å². The van der Waals surface area contributed by atoms with E-state index in [2.05, 4.69) is 14.7 Å². The van der Waals surface area contributed by atoms with E-state index in [1.54, 1.807) is 0 Å². The highest BCUT2D eigenvalue weighted by molar-refractivity contribution is 7.91. The average molecular weight is 545 g/mol. The maximum atomic E-state index is 13.4. The Morgan fingerprint density at radius 2 is 1.76 bits per heavy atom. The Balaban J connectivity index is 1.77. The Morgan fingerprint density at radius 1 is 1.03 bits per heavy atom. The molecule has 0 atom stereocenters. The van der Waals surface area contributed by atoms with Crippen LogP contribution in [0.4, 0.5) is 32.0 Å². The summed E-state index contributed by atoms with van der Waals surface area (Å²) in [5.74, 6) is -1.94. The number of pyridine rings is 2. The Bertz CT molecular complexity index is 1470. The summed E-state index contributed by atoms with van der Waals surface area (Å²) in [5.41, 5.74) is -1.26. The van der Waals surface area contributed by atoms with Crippen LogP contribution in [-0.4, -0.2) is 43.0 Å². The van der Waals surface area contributed by atoms with Crippen LogP contribution in [0.25, 0.3) is 11.1 Å². The number of anilines is 1. The van der Waals surface area contributed by atoms with Crippen LogP contribution < -0.4 is 9.64 Å². The Morgan fingerprint density at radius 3 is 2.41 bits per heavy atom. The molecule has 0 unspecified atom stereocenters. The number of nitrogens with zero attached hydrogens (tertiary/aromatic N) is 3. The van der Waals surface area contributed by atoms with E-state index in [1.165, 1.54) is 19.1 Å². The molecule has 1 amide bonds. The van der Waals surface area contributed by atoms with E-state index in [9.17, 15) is 39.6 Å². The van der Waals surface area contributed by atoms with Crippen LogP contribution in [0, 0.1) is 0 Å². The minimum absolute atomic E-state index is 0.0473. The first kappa shape index (κ1) is 26.4. The number of alkyl halides is 6. The summed E-state index contributed by atoms with van der Waals surface area (Å²) in [6.07, 6.45) is -7.75. The maximum absolute atomic E-state index is 13.4. The van der Waals surface area contributed by atoms with Crippen molar-refractivity contribution in [1.29, 1.82) is 0 Å². The first-order chi connectivity index (χ1) is 17.2. The van der Waals surface area contributed by atoms with Gasteiger partial charge in [-0.1, -0.05) is 19.1 Å². The molecule has 37 heavy (non-hydrogen) atoms. The predicted octanol–water partition coefficient (Wildman–Crippen LogP) is 5.06. The molecular formula is C23H17F6N3O4S. The molecule has 4 rings (SSSR count). The lowest BCUT2D eigenvalue weighted by Crippen LogP contribution is -2.31. The second-order valence-electron chi connectivity index (χ2n) is 7.94. The normalized spacial score (nSPS) is 14.0. The lowest BCUT2D eigenvalue weighted by atomic mass is 10.1. The molecule has 0 N–H and O–H groups in total. The van der Waals surface area contributed by atoms with Crippen LogP contribution in [0.1, 0.15) is 28.7 Å². The number of amides is 1. The van der Waals surface area contributed by atoms with E-state index in [0.717, 1.165) is 35.4 Å². The maximum Gasteiger partial charge on any atom is 0.573 e. The van der Waals surface area contributed by atoms with Gasteiger partial charge < -0.3 is 9.64 Å². The molecule has 0 aliphatic carbocycles. The average Bonchev–Trinajstić information content (AvgIpc) is 3.25. The quantitative estimate of drug-likeness (QED) is 0.417. The summed E-state index contributed by atoms with van der Waals surface area (Å²) in [5, 5.41) is 0. The Hall–Kier alpha value is -3.68. The van der Waals surface area contributed by atoms with Gasteiger partial charge in [-0.15, -0.1) is 13.2 Å². The molecule has 1 aliphatic heterocycles. The number of carbonyl (C=O) groups is 1. The van der Waals surface area contributed by atoms with E-state index >= 15 is 0 Å². The molecule has 0 spiro atoms. The summed E-state index contributed by atoms with van der Waals surface area (Å²) >= 11 is 0. The first-order valence-electron chi connectivity index (χ1n) is 10.7. The van der Waals surface area contributed by atoms with Gasteiger partial charge in [-0.3, -0.25) is 9.78 Å². The van der Waals surface area contributed by atoms with E-state index in [0.29, 0.717) is 6.20 Å². The van der Waals surface area contributed by atoms with Crippen molar-refractivity contribution in [2.45, 2.75) is 30.8 Å². The van der Waals surface area contributed by atoms with Crippen LogP contribution in [0.2, 0.25) is 0 Å². The molecule has 0 fully saturated rings. The van der Waals surface area contributed by atoms with Crippen LogP contribution in [0.3, 0.4) is 0 Å². The summed E-state index contributed by atoms with van der Waals surface area (Å²) < 4.78 is 107. The molecule has 2 aromatic heterocycles. The summed E-state index contributed by atoms with van der Waals surface area (Å²) in [6.45, 7) is 1.27. The molecule has 1 aliphatic rings. The number of hydrogen-bond acceptors (Lipinski definition) is 6. The number of sulfone groups is 1. The lowest BCUT2D eigenvalue weighted by molar-refractivity contribution is -0.274. The Kier molecular flexibility index (Phi) is 6.65. The molecule has 0 saturated heterocycles. The molecule has 0 bridgehead atoms. The van der Waals surface area contributed by atoms with Crippen molar-refractivity contribution in [3.8, 4) is 16.9 Å². The molecular weight excluding hydrogens is 528 g/mol. The standard InChI is InChI=1S/C23H17F6N3O4S/c1-2-37(34,35)19-9-14(13-4-3-5-16(8-13)36-23(27,28)29)11-31-20(19)21(33)32-7-6-17-18(32)10-15(12-30-17)22(24,25)26/h3-5,8-12H,2,6-7H2,1H3. The number of carbonyl (C=O) groups excluding carboxylic acids is 1. The van der Waals surface area contributed by atoms with Gasteiger partial charge in [0, 0.05) is 30.9 Å². The fourth-order valence-corrected chi connectivity index (χ4v) is 4.82. The van der Waals surface area contributed by atoms with Gasteiger partial charge in [0.25, 0.3) is 5.91 Å². The van der Waals surface area contributed by atoms with Gasteiger partial charge in [0.15, 0.2) is 9.84 Å². The van der Waals surface area contributed by atoms with Gasteiger partial charge >= 0.3 is 12.5 Å². The van der Waals surface area contributed by atoms with Crippen molar-refractivity contribution < 1.29 is 44.3 Å². The highest BCUT2D eigenvalue weighted by Gasteiger charge is 2.36. The van der Waals surface area contributed by atoms with E-state index in [4.69, 9.17) is 0 Å². The number of aromatic nitrogens is 2. The fourth-order valence-electron chi connectivity index (χ4n) is 3.77. The molecule has 0 saturated carbocycles. The largest absolute Gasteiger partial charge is 0.573 e. The van der Waals surface area contributed by atoms with Gasteiger partial charge in [0.2, 0.25) is 0 Å². The number of ether oxygens (including phenoxy) is 1. The monoisotopic (exact) mass is 545 g/mol. The van der Waals surface area contributed by atoms with Crippen molar-refractivity contribution in [3.63, 3.8) is 0 Å². The number of benzene rings is 1. The Labute approximate surface area is 206 Å². The third kappa shape index (κ3) is 5.53. The number of halogens is 6. The first-order valence-corrected chi connectivity index (χ1v) is 12.3. The topological polar surface area (TPSA) is 89.5 Å². The molecule has 3 heterocycles. The van der Waals surface area contributed by atoms with E-state index in [-0.39, 0.29) is 35.5 Å². The van der Waals surface area contributed by atoms with Crippen molar-refractivity contribution in [2.75, 3.05) is 17.2 Å². The molecule has 7 nitrogen and oxygen atoms in total. The van der Waals surface area contributed by atoms with Crippen LogP contribution in [-0.2, 0) is 22.4 Å². The van der Waals surface area contributed by atoms with Gasteiger partial charge in [-0.05, 0) is 29.8 Å². The highest BCUT2D eigenvalue weighted by atomic mass is 32.2. The zero-order valence-corrected chi connectivity index (χ0v) is 19.7. The molecule has 1 aromatic carbocycles. The van der Waals surface area contributed by atoms with Crippen LogP contribution in [0.5, 0.6) is 5.75 Å². The van der Waals surface area contributed by atoms with Crippen molar-refractivity contribution in [1.82, 2.24) is 9.97 Å². The number of hydrogen-bond donors (Lipinski definition) is 0. The fraction of sp³-hybridized carbons (Fsp3) is 0.261. The van der Waals surface area contributed by atoms with E-state index < -0.39 is 55.9 Å². The summed E-state index contributed by atoms with van der Waals surface area (Å²) in [6, 6.07) is 6.59. The zero-order chi connectivity index (χ0) is 27.2. The second-order valence-corrected chi connectivity index (χ2v) is 10.2. The van der Waals surface area contributed by atoms with Crippen molar-refractivity contribution in [3.05, 3.63) is 65.7 Å². The zero-order valence-electron chi connectivity index (χ0n) is 18.9. The molecule has 0 radical (unpaired) electrons. The minimum atomic E-state index is -4.95. The third-order valence-corrected chi connectivity index (χ3v) is 7.30. The SMILES string of the molecule is CCS(=O)(=O)c1cc(-c2cccc(OC(F)(F)F)c2)cnc1C(=O)N1CCc2ncc(C(F)(F)F)cc21. The van der Waals surface area contributed by atoms with Crippen molar-refractivity contribution >= 4 is 21.4 Å². The van der Waals surface area contributed by atoms with Gasteiger partial charge in [0.1, 0.15) is 11.4 Å². The smallest absolute Gasteiger partial charge is 0.406 e. The van der Waals surface area contributed by atoms with Gasteiger partial charge in [-0.2, -0.15) is 13.2 Å². The molecule has 14 heteroatoms. The van der Waals surface area contributed by atoms with Crippen molar-refractivity contribution in [2.24, 2.45) is 0 Å². The van der Waals surface area contributed by atoms with Gasteiger partial charge in [0.05, 0.1) is 27.6 Å². The van der Waals surface area contributed by atoms with Crippen LogP contribution in [0.15, 0.2) is 53.7 Å². The number of fused-ring (bicyclic) bond motifs is 1. The molecule has 3 aromatic rings. The lowest BCUT2D eigenvalue weighted by Gasteiger charge is -2.19. The summed E-state index contributed by atoms with van der Waals surface area (Å²) in [4.78, 5) is 21.6.